The van der Waals surface area contributed by atoms with Crippen LogP contribution in [0.2, 0.25) is 5.02 Å². The third-order valence-corrected chi connectivity index (χ3v) is 5.41. The van der Waals surface area contributed by atoms with Crippen LogP contribution in [0.3, 0.4) is 0 Å². The number of halogens is 1. The summed E-state index contributed by atoms with van der Waals surface area (Å²) in [6.45, 7) is 0.354. The van der Waals surface area contributed by atoms with Gasteiger partial charge < -0.3 is 4.74 Å². The van der Waals surface area contributed by atoms with E-state index in [1.807, 2.05) is 30.3 Å². The molecule has 21 heavy (non-hydrogen) atoms. The lowest BCUT2D eigenvalue weighted by atomic mass is 10.1. The Labute approximate surface area is 129 Å². The molecule has 0 aliphatic carbocycles. The second-order valence-corrected chi connectivity index (χ2v) is 7.17. The molecule has 1 heterocycles. The lowest BCUT2D eigenvalue weighted by Gasteiger charge is -2.14. The van der Waals surface area contributed by atoms with Gasteiger partial charge >= 0.3 is 0 Å². The summed E-state index contributed by atoms with van der Waals surface area (Å²) in [7, 11) is -3.58. The summed E-state index contributed by atoms with van der Waals surface area (Å²) in [5, 5.41) is 0.399. The van der Waals surface area contributed by atoms with Crippen molar-refractivity contribution in [2.45, 2.75) is 11.0 Å². The maximum Gasteiger partial charge on any atom is 0.245 e. The second kappa shape index (κ2) is 5.77. The number of hydrogen-bond donors (Lipinski definition) is 0. The molecular weight excluding hydrogens is 310 g/mol. The second-order valence-electron chi connectivity index (χ2n) is 4.79. The molecule has 2 aromatic carbocycles. The Kier molecular flexibility index (Phi) is 3.99. The van der Waals surface area contributed by atoms with Gasteiger partial charge in [-0.25, -0.2) is 8.42 Å². The average Bonchev–Trinajstić information content (AvgIpc) is 2.99. The molecule has 3 rings (SSSR count). The highest BCUT2D eigenvalue weighted by molar-refractivity contribution is 7.89. The normalized spacial score (nSPS) is 19.8. The number of ether oxygens (including phenoxy) is 1. The predicted molar refractivity (Wildman–Crippen MR) is 80.5 cm³/mol. The Morgan fingerprint density at radius 2 is 1.86 bits per heavy atom. The predicted octanol–water partition coefficient (Wildman–Crippen LogP) is 3.06. The molecule has 0 saturated carbocycles. The van der Waals surface area contributed by atoms with E-state index in [1.165, 1.54) is 16.4 Å². The van der Waals surface area contributed by atoms with Crippen molar-refractivity contribution < 1.29 is 13.2 Å². The topological polar surface area (TPSA) is 46.6 Å². The van der Waals surface area contributed by atoms with Gasteiger partial charge in [0.05, 0.1) is 11.0 Å². The monoisotopic (exact) mass is 323 g/mol. The fraction of sp³-hybridized carbons (Fsp3) is 0.200. The molecule has 1 aliphatic heterocycles. The molecule has 0 spiro atoms. The van der Waals surface area contributed by atoms with Crippen LogP contribution in [-0.2, 0) is 14.8 Å². The van der Waals surface area contributed by atoms with Gasteiger partial charge in [0.15, 0.2) is 0 Å². The Bertz CT molecular complexity index is 734. The molecule has 1 saturated heterocycles. The summed E-state index contributed by atoms with van der Waals surface area (Å²) in [4.78, 5) is 0.187. The lowest BCUT2D eigenvalue weighted by Crippen LogP contribution is -2.28. The first-order chi connectivity index (χ1) is 10.1. The molecule has 0 bridgehead atoms. The summed E-state index contributed by atoms with van der Waals surface area (Å²) in [6.07, 6.45) is -0.236. The zero-order valence-corrected chi connectivity index (χ0v) is 12.7. The highest BCUT2D eigenvalue weighted by Gasteiger charge is 2.34. The average molecular weight is 324 g/mol. The van der Waals surface area contributed by atoms with Crippen molar-refractivity contribution >= 4 is 21.6 Å². The van der Waals surface area contributed by atoms with Crippen LogP contribution in [0.4, 0.5) is 0 Å². The summed E-state index contributed by atoms with van der Waals surface area (Å²) < 4.78 is 32.0. The van der Waals surface area contributed by atoms with Gasteiger partial charge in [-0.15, -0.1) is 0 Å². The molecule has 1 atom stereocenters. The summed E-state index contributed by atoms with van der Waals surface area (Å²) >= 11 is 5.87. The van der Waals surface area contributed by atoms with E-state index in [1.54, 1.807) is 12.1 Å². The van der Waals surface area contributed by atoms with E-state index >= 15 is 0 Å². The van der Waals surface area contributed by atoms with Crippen LogP contribution in [0.1, 0.15) is 11.7 Å². The molecule has 1 aliphatic rings. The highest BCUT2D eigenvalue weighted by Crippen LogP contribution is 2.29. The fourth-order valence-electron chi connectivity index (χ4n) is 2.28. The molecule has 0 amide bonds. The number of benzene rings is 2. The van der Waals surface area contributed by atoms with Crippen molar-refractivity contribution in [3.8, 4) is 0 Å². The Balaban J connectivity index is 1.83. The first-order valence-electron chi connectivity index (χ1n) is 6.49. The molecule has 0 aromatic heterocycles. The van der Waals surface area contributed by atoms with E-state index < -0.39 is 10.0 Å². The highest BCUT2D eigenvalue weighted by atomic mass is 35.5. The van der Waals surface area contributed by atoms with Crippen molar-refractivity contribution in [3.63, 3.8) is 0 Å². The van der Waals surface area contributed by atoms with Crippen LogP contribution < -0.4 is 0 Å². The minimum absolute atomic E-state index is 0.0500. The molecule has 2 aromatic rings. The molecule has 1 fully saturated rings. The van der Waals surface area contributed by atoms with Gasteiger partial charge in [-0.1, -0.05) is 48.0 Å². The van der Waals surface area contributed by atoms with E-state index in [0.29, 0.717) is 11.6 Å². The first-order valence-corrected chi connectivity index (χ1v) is 8.31. The van der Waals surface area contributed by atoms with Crippen LogP contribution in [0.25, 0.3) is 0 Å². The summed E-state index contributed by atoms with van der Waals surface area (Å²) in [6, 6.07) is 15.9. The van der Waals surface area contributed by atoms with Gasteiger partial charge in [0.25, 0.3) is 0 Å². The van der Waals surface area contributed by atoms with Gasteiger partial charge in [-0.05, 0) is 23.8 Å². The van der Waals surface area contributed by atoms with Crippen LogP contribution in [0.5, 0.6) is 0 Å². The van der Waals surface area contributed by atoms with Gasteiger partial charge in [-0.2, -0.15) is 4.31 Å². The summed E-state index contributed by atoms with van der Waals surface area (Å²) in [5.74, 6) is 0. The number of nitrogens with zero attached hydrogens (tertiary/aromatic N) is 1. The Morgan fingerprint density at radius 3 is 2.57 bits per heavy atom. The zero-order chi connectivity index (χ0) is 14.9. The van der Waals surface area contributed by atoms with Gasteiger partial charge in [0, 0.05) is 11.6 Å². The number of sulfonamides is 1. The number of rotatable bonds is 3. The molecule has 0 radical (unpaired) electrons. The standard InChI is InChI=1S/C15H14ClNO3S/c16-13-7-4-8-14(9-13)21(18,19)17-10-15(20-11-17)12-5-2-1-3-6-12/h1-9,15H,10-11H2. The molecule has 0 N–H and O–H groups in total. The molecule has 4 nitrogen and oxygen atoms in total. The minimum atomic E-state index is -3.58. The van der Waals surface area contributed by atoms with Crippen molar-refractivity contribution in [2.75, 3.05) is 13.3 Å². The van der Waals surface area contributed by atoms with E-state index in [2.05, 4.69) is 0 Å². The molecule has 6 heteroatoms. The quantitative estimate of drug-likeness (QED) is 0.872. The minimum Gasteiger partial charge on any atom is -0.356 e. The van der Waals surface area contributed by atoms with Crippen LogP contribution in [-0.4, -0.2) is 26.0 Å². The maximum absolute atomic E-state index is 12.6. The summed E-state index contributed by atoms with van der Waals surface area (Å²) in [5.41, 5.74) is 0.973. The third-order valence-electron chi connectivity index (χ3n) is 3.39. The van der Waals surface area contributed by atoms with Crippen molar-refractivity contribution in [3.05, 3.63) is 65.2 Å². The van der Waals surface area contributed by atoms with Gasteiger partial charge in [0.2, 0.25) is 10.0 Å². The van der Waals surface area contributed by atoms with Crippen molar-refractivity contribution in [1.29, 1.82) is 0 Å². The molecular formula is C15H14ClNO3S. The Morgan fingerprint density at radius 1 is 1.10 bits per heavy atom. The zero-order valence-electron chi connectivity index (χ0n) is 11.1. The van der Waals surface area contributed by atoms with E-state index in [0.717, 1.165) is 5.56 Å². The lowest BCUT2D eigenvalue weighted by molar-refractivity contribution is 0.104. The Hall–Kier alpha value is -1.40. The fourth-order valence-corrected chi connectivity index (χ4v) is 3.89. The van der Waals surface area contributed by atoms with E-state index in [4.69, 9.17) is 16.3 Å². The number of hydrogen-bond acceptors (Lipinski definition) is 3. The van der Waals surface area contributed by atoms with Crippen LogP contribution in [0.15, 0.2) is 59.5 Å². The van der Waals surface area contributed by atoms with E-state index in [-0.39, 0.29) is 17.7 Å². The first kappa shape index (κ1) is 14.5. The third kappa shape index (κ3) is 2.96. The van der Waals surface area contributed by atoms with Crippen molar-refractivity contribution in [1.82, 2.24) is 4.31 Å². The van der Waals surface area contributed by atoms with Gasteiger partial charge in [0.1, 0.15) is 6.73 Å². The smallest absolute Gasteiger partial charge is 0.245 e. The van der Waals surface area contributed by atoms with Crippen LogP contribution in [0, 0.1) is 0 Å². The SMILES string of the molecule is O=S(=O)(c1cccc(Cl)c1)N1COC(c2ccccc2)C1. The van der Waals surface area contributed by atoms with Crippen molar-refractivity contribution in [2.24, 2.45) is 0 Å². The van der Waals surface area contributed by atoms with Gasteiger partial charge in [-0.3, -0.25) is 0 Å². The maximum atomic E-state index is 12.6. The molecule has 1 unspecified atom stereocenters. The van der Waals surface area contributed by atoms with Crippen LogP contribution >= 0.6 is 11.6 Å². The molecule has 110 valence electrons. The largest absolute Gasteiger partial charge is 0.356 e. The van der Waals surface area contributed by atoms with E-state index in [9.17, 15) is 8.42 Å².